The van der Waals surface area contributed by atoms with E-state index in [0.717, 1.165) is 12.1 Å². The Balaban J connectivity index is 3.32. The molecule has 6 heteroatoms. The zero-order chi connectivity index (χ0) is 10.2. The van der Waals surface area contributed by atoms with Crippen LogP contribution in [0.3, 0.4) is 0 Å². The molecule has 0 aliphatic carbocycles. The summed E-state index contributed by atoms with van der Waals surface area (Å²) < 4.78 is 49.7. The summed E-state index contributed by atoms with van der Waals surface area (Å²) in [6.07, 6.45) is -4.64. The monoisotopic (exact) mass is 368 g/mol. The third-order valence-corrected chi connectivity index (χ3v) is 3.61. The number of hydrogen-bond donors (Lipinski definition) is 0. The number of halogens is 6. The second kappa shape index (κ2) is 3.72. The van der Waals surface area contributed by atoms with Gasteiger partial charge >= 0.3 is 6.18 Å². The molecule has 1 aromatic rings. The fourth-order valence-electron chi connectivity index (χ4n) is 0.740. The average molecular weight is 369 g/mol. The first kappa shape index (κ1) is 11.2. The smallest absolute Gasteiger partial charge is 0.206 e. The van der Waals surface area contributed by atoms with Gasteiger partial charge in [-0.05, 0) is 50.7 Å². The predicted molar refractivity (Wildman–Crippen MR) is 51.8 cm³/mol. The first-order chi connectivity index (χ1) is 5.82. The van der Waals surface area contributed by atoms with E-state index in [4.69, 9.17) is 0 Å². The molecule has 0 heterocycles. The Hall–Kier alpha value is 0.150. The molecule has 1 aromatic carbocycles. The van der Waals surface area contributed by atoms with Crippen molar-refractivity contribution in [2.24, 2.45) is 0 Å². The van der Waals surface area contributed by atoms with Crippen LogP contribution < -0.4 is 0 Å². The van der Waals surface area contributed by atoms with Crippen molar-refractivity contribution in [1.29, 1.82) is 0 Å². The second-order valence-electron chi connectivity index (χ2n) is 2.24. The normalized spacial score (nSPS) is 11.8. The molecule has 72 valence electrons. The Morgan fingerprint density at radius 1 is 1.23 bits per heavy atom. The van der Waals surface area contributed by atoms with Crippen LogP contribution >= 0.6 is 38.5 Å². The topological polar surface area (TPSA) is 0 Å². The fourth-order valence-corrected chi connectivity index (χ4v) is 1.51. The van der Waals surface area contributed by atoms with Crippen molar-refractivity contribution in [3.8, 4) is 0 Å². The van der Waals surface area contributed by atoms with E-state index in [2.05, 4.69) is 15.9 Å². The molecule has 0 bridgehead atoms. The lowest BCUT2D eigenvalue weighted by Crippen LogP contribution is -2.08. The van der Waals surface area contributed by atoms with E-state index in [9.17, 15) is 17.6 Å². The van der Waals surface area contributed by atoms with Crippen LogP contribution in [-0.2, 0) is 6.18 Å². The van der Waals surface area contributed by atoms with Crippen molar-refractivity contribution in [3.05, 3.63) is 31.6 Å². The SMILES string of the molecule is Fc1cc(I)c(Br)cc1C(F)(F)F. The molecule has 1 rings (SSSR count). The van der Waals surface area contributed by atoms with Crippen molar-refractivity contribution >= 4 is 38.5 Å². The standard InChI is InChI=1S/C7H2BrF4I/c8-4-1-3(7(10,11)12)5(9)2-6(4)13/h1-2H. The maximum Gasteiger partial charge on any atom is 0.419 e. The molecule has 0 saturated heterocycles. The summed E-state index contributed by atoms with van der Waals surface area (Å²) in [4.78, 5) is 0. The van der Waals surface area contributed by atoms with E-state index in [1.165, 1.54) is 0 Å². The van der Waals surface area contributed by atoms with E-state index in [1.54, 1.807) is 22.6 Å². The summed E-state index contributed by atoms with van der Waals surface area (Å²) >= 11 is 4.64. The molecule has 0 unspecified atom stereocenters. The highest BCUT2D eigenvalue weighted by molar-refractivity contribution is 14.1. The van der Waals surface area contributed by atoms with Gasteiger partial charge in [0, 0.05) is 8.04 Å². The quantitative estimate of drug-likeness (QED) is 0.365. The highest BCUT2D eigenvalue weighted by atomic mass is 127. The van der Waals surface area contributed by atoms with E-state index in [1.807, 2.05) is 0 Å². The van der Waals surface area contributed by atoms with Gasteiger partial charge < -0.3 is 0 Å². The molecular weight excluding hydrogens is 367 g/mol. The van der Waals surface area contributed by atoms with Crippen LogP contribution in [0.1, 0.15) is 5.56 Å². The van der Waals surface area contributed by atoms with Crippen LogP contribution in [-0.4, -0.2) is 0 Å². The van der Waals surface area contributed by atoms with E-state index in [0.29, 0.717) is 3.57 Å². The van der Waals surface area contributed by atoms with Gasteiger partial charge in [-0.2, -0.15) is 13.2 Å². The highest BCUT2D eigenvalue weighted by Gasteiger charge is 2.34. The van der Waals surface area contributed by atoms with Crippen molar-refractivity contribution < 1.29 is 17.6 Å². The Morgan fingerprint density at radius 2 is 1.77 bits per heavy atom. The third-order valence-electron chi connectivity index (χ3n) is 1.32. The van der Waals surface area contributed by atoms with E-state index in [-0.39, 0.29) is 4.47 Å². The van der Waals surface area contributed by atoms with E-state index < -0.39 is 17.6 Å². The van der Waals surface area contributed by atoms with Crippen LogP contribution in [0.2, 0.25) is 0 Å². The lowest BCUT2D eigenvalue weighted by atomic mass is 10.2. The minimum atomic E-state index is -4.64. The first-order valence-electron chi connectivity index (χ1n) is 3.04. The average Bonchev–Trinajstić information content (AvgIpc) is 1.94. The Kier molecular flexibility index (Phi) is 3.21. The Labute approximate surface area is 93.6 Å². The van der Waals surface area contributed by atoms with Crippen molar-refractivity contribution in [3.63, 3.8) is 0 Å². The van der Waals surface area contributed by atoms with Crippen molar-refractivity contribution in [2.45, 2.75) is 6.18 Å². The van der Waals surface area contributed by atoms with Gasteiger partial charge in [0.15, 0.2) is 0 Å². The summed E-state index contributed by atoms with van der Waals surface area (Å²) in [5.74, 6) is -1.25. The maximum absolute atomic E-state index is 12.8. The number of rotatable bonds is 0. The fraction of sp³-hybridized carbons (Fsp3) is 0.143. The molecule has 0 amide bonds. The molecule has 0 nitrogen and oxygen atoms in total. The molecular formula is C7H2BrF4I. The van der Waals surface area contributed by atoms with Gasteiger partial charge in [0.1, 0.15) is 5.82 Å². The van der Waals surface area contributed by atoms with Crippen LogP contribution in [0.25, 0.3) is 0 Å². The minimum absolute atomic E-state index is 0.238. The molecule has 0 spiro atoms. The molecule has 0 saturated carbocycles. The zero-order valence-electron chi connectivity index (χ0n) is 5.92. The Bertz CT molecular complexity index is 334. The Morgan fingerprint density at radius 3 is 2.23 bits per heavy atom. The van der Waals surface area contributed by atoms with Gasteiger partial charge in [-0.15, -0.1) is 0 Å². The summed E-state index contributed by atoms with van der Waals surface area (Å²) in [7, 11) is 0. The predicted octanol–water partition coefficient (Wildman–Crippen LogP) is 4.21. The highest BCUT2D eigenvalue weighted by Crippen LogP contribution is 2.34. The summed E-state index contributed by atoms with van der Waals surface area (Å²) in [5, 5.41) is 0. The van der Waals surface area contributed by atoms with Gasteiger partial charge in [-0.25, -0.2) is 4.39 Å². The minimum Gasteiger partial charge on any atom is -0.206 e. The molecule has 0 N–H and O–H groups in total. The van der Waals surface area contributed by atoms with Gasteiger partial charge in [-0.1, -0.05) is 0 Å². The molecule has 0 atom stereocenters. The maximum atomic E-state index is 12.8. The van der Waals surface area contributed by atoms with Crippen molar-refractivity contribution in [2.75, 3.05) is 0 Å². The molecule has 0 aliphatic rings. The van der Waals surface area contributed by atoms with Crippen LogP contribution in [0.15, 0.2) is 16.6 Å². The van der Waals surface area contributed by atoms with Gasteiger partial charge in [0.05, 0.1) is 5.56 Å². The zero-order valence-corrected chi connectivity index (χ0v) is 9.67. The van der Waals surface area contributed by atoms with Gasteiger partial charge in [0.2, 0.25) is 0 Å². The summed E-state index contributed by atoms with van der Waals surface area (Å²) in [6.45, 7) is 0. The molecule has 0 aliphatic heterocycles. The lowest BCUT2D eigenvalue weighted by molar-refractivity contribution is -0.140. The molecule has 0 fully saturated rings. The second-order valence-corrected chi connectivity index (χ2v) is 4.26. The van der Waals surface area contributed by atoms with Gasteiger partial charge in [0.25, 0.3) is 0 Å². The summed E-state index contributed by atoms with van der Waals surface area (Å²) in [6, 6.07) is 1.57. The first-order valence-corrected chi connectivity index (χ1v) is 4.91. The third kappa shape index (κ3) is 2.55. The molecule has 13 heavy (non-hydrogen) atoms. The number of benzene rings is 1. The van der Waals surface area contributed by atoms with Crippen LogP contribution in [0.5, 0.6) is 0 Å². The lowest BCUT2D eigenvalue weighted by Gasteiger charge is -2.08. The van der Waals surface area contributed by atoms with Gasteiger partial charge in [-0.3, -0.25) is 0 Å². The van der Waals surface area contributed by atoms with E-state index >= 15 is 0 Å². The molecule has 0 aromatic heterocycles. The van der Waals surface area contributed by atoms with Crippen LogP contribution in [0.4, 0.5) is 17.6 Å². The van der Waals surface area contributed by atoms with Crippen molar-refractivity contribution in [1.82, 2.24) is 0 Å². The largest absolute Gasteiger partial charge is 0.419 e. The number of hydrogen-bond acceptors (Lipinski definition) is 0. The van der Waals surface area contributed by atoms with Crippen LogP contribution in [0, 0.1) is 9.39 Å². The summed E-state index contributed by atoms with van der Waals surface area (Å²) in [5.41, 5.74) is -1.25. The number of alkyl halides is 3. The molecule has 0 radical (unpaired) electrons.